The summed E-state index contributed by atoms with van der Waals surface area (Å²) in [6.07, 6.45) is 0.938. The van der Waals surface area contributed by atoms with Gasteiger partial charge in [0.2, 0.25) is 0 Å². The molecular weight excluding hydrogens is 369 g/mol. The molecule has 4 rings (SSSR count). The molecule has 1 aliphatic heterocycles. The van der Waals surface area contributed by atoms with Crippen LogP contribution in [0.1, 0.15) is 12.5 Å². The Morgan fingerprint density at radius 1 is 1.00 bits per heavy atom. The third-order valence-electron chi connectivity index (χ3n) is 4.51. The van der Waals surface area contributed by atoms with Crippen molar-refractivity contribution < 1.29 is 0 Å². The molecule has 0 saturated carbocycles. The van der Waals surface area contributed by atoms with E-state index in [9.17, 15) is 0 Å². The van der Waals surface area contributed by atoms with Crippen molar-refractivity contribution >= 4 is 40.7 Å². The summed E-state index contributed by atoms with van der Waals surface area (Å²) in [5, 5.41) is 4.81. The number of fused-ring (bicyclic) bond motifs is 1. The fraction of sp³-hybridized carbons (Fsp3) is 0.143. The average Bonchev–Trinajstić information content (AvgIpc) is 3.11. The highest BCUT2D eigenvalue weighted by molar-refractivity contribution is 7.99. The fourth-order valence-electron chi connectivity index (χ4n) is 3.29. The molecule has 0 aliphatic carbocycles. The minimum absolute atomic E-state index is 0.699. The lowest BCUT2D eigenvalue weighted by Crippen LogP contribution is -1.94. The lowest BCUT2D eigenvalue weighted by atomic mass is 9.89. The summed E-state index contributed by atoms with van der Waals surface area (Å²) < 4.78 is 0. The lowest BCUT2D eigenvalue weighted by molar-refractivity contribution is 1.14. The summed E-state index contributed by atoms with van der Waals surface area (Å²) in [7, 11) is 0. The number of thioether (sulfide) groups is 1. The van der Waals surface area contributed by atoms with Gasteiger partial charge in [-0.2, -0.15) is 0 Å². The van der Waals surface area contributed by atoms with Crippen LogP contribution in [0.5, 0.6) is 0 Å². The first-order valence-electron chi connectivity index (χ1n) is 8.26. The molecule has 0 radical (unpaired) electrons. The molecule has 0 aromatic heterocycles. The second-order valence-electron chi connectivity index (χ2n) is 5.99. The Balaban J connectivity index is 1.96. The Hall–Kier alpha value is -1.61. The summed E-state index contributed by atoms with van der Waals surface area (Å²) >= 11 is 14.6. The second-order valence-corrected chi connectivity index (χ2v) is 7.85. The van der Waals surface area contributed by atoms with Crippen LogP contribution in [-0.4, -0.2) is 5.88 Å². The predicted molar refractivity (Wildman–Crippen MR) is 111 cm³/mol. The number of rotatable bonds is 3. The first-order valence-corrected chi connectivity index (χ1v) is 10.00. The summed E-state index contributed by atoms with van der Waals surface area (Å²) in [5.74, 6) is 0.931. The van der Waals surface area contributed by atoms with Crippen LogP contribution >= 0.6 is 35.0 Å². The van der Waals surface area contributed by atoms with Crippen molar-refractivity contribution in [1.29, 1.82) is 0 Å². The Morgan fingerprint density at radius 2 is 1.88 bits per heavy atom. The van der Waals surface area contributed by atoms with E-state index in [1.165, 1.54) is 32.8 Å². The van der Waals surface area contributed by atoms with Gasteiger partial charge in [0, 0.05) is 26.2 Å². The van der Waals surface area contributed by atoms with Crippen LogP contribution in [0.3, 0.4) is 0 Å². The van der Waals surface area contributed by atoms with Gasteiger partial charge in [-0.15, -0.1) is 11.8 Å². The predicted octanol–water partition coefficient (Wildman–Crippen LogP) is 7.36. The third-order valence-corrected chi connectivity index (χ3v) is 6.01. The van der Waals surface area contributed by atoms with E-state index in [4.69, 9.17) is 23.2 Å². The normalized spacial score (nSPS) is 12.8. The van der Waals surface area contributed by atoms with E-state index in [2.05, 4.69) is 48.6 Å². The smallest absolute Gasteiger partial charge is 0.0658 e. The summed E-state index contributed by atoms with van der Waals surface area (Å²) in [4.78, 5) is 1.29. The van der Waals surface area contributed by atoms with Crippen LogP contribution in [0.25, 0.3) is 22.3 Å². The molecule has 1 nitrogen and oxygen atoms in total. The lowest BCUT2D eigenvalue weighted by Gasteiger charge is -2.17. The largest absolute Gasteiger partial charge is 0.375 e. The zero-order valence-electron chi connectivity index (χ0n) is 13.8. The van der Waals surface area contributed by atoms with Crippen LogP contribution in [0, 0.1) is 0 Å². The zero-order chi connectivity index (χ0) is 17.4. The highest BCUT2D eigenvalue weighted by atomic mass is 35.5. The Kier molecular flexibility index (Phi) is 4.68. The van der Waals surface area contributed by atoms with Crippen LogP contribution in [-0.2, 0) is 6.42 Å². The van der Waals surface area contributed by atoms with Crippen molar-refractivity contribution in [3.63, 3.8) is 0 Å². The van der Waals surface area contributed by atoms with Gasteiger partial charge in [0.15, 0.2) is 0 Å². The molecule has 0 amide bonds. The van der Waals surface area contributed by atoms with E-state index in [1.807, 2.05) is 30.0 Å². The van der Waals surface area contributed by atoms with E-state index < -0.39 is 0 Å². The zero-order valence-corrected chi connectivity index (χ0v) is 16.1. The van der Waals surface area contributed by atoms with Crippen LogP contribution in [0.4, 0.5) is 5.69 Å². The molecular formula is C21H17Cl2NS. The van der Waals surface area contributed by atoms with Gasteiger partial charge in [-0.25, -0.2) is 0 Å². The molecule has 1 N–H and O–H groups in total. The number of hydrogen-bond donors (Lipinski definition) is 1. The second kappa shape index (κ2) is 6.95. The topological polar surface area (TPSA) is 12.0 Å². The van der Waals surface area contributed by atoms with E-state index in [0.717, 1.165) is 22.9 Å². The summed E-state index contributed by atoms with van der Waals surface area (Å²) in [6, 6.07) is 18.7. The average molecular weight is 386 g/mol. The summed E-state index contributed by atoms with van der Waals surface area (Å²) in [5.41, 5.74) is 7.05. The van der Waals surface area contributed by atoms with E-state index in [1.54, 1.807) is 0 Å². The van der Waals surface area contributed by atoms with Gasteiger partial charge < -0.3 is 5.32 Å². The van der Waals surface area contributed by atoms with Crippen molar-refractivity contribution in [2.24, 2.45) is 0 Å². The molecule has 0 bridgehead atoms. The van der Waals surface area contributed by atoms with Gasteiger partial charge in [0.25, 0.3) is 0 Å². The minimum Gasteiger partial charge on any atom is -0.375 e. The molecule has 0 unspecified atom stereocenters. The number of anilines is 1. The minimum atomic E-state index is 0.699. The first kappa shape index (κ1) is 16.8. The number of benzene rings is 3. The van der Waals surface area contributed by atoms with Crippen LogP contribution in [0.15, 0.2) is 59.5 Å². The molecule has 0 fully saturated rings. The van der Waals surface area contributed by atoms with Gasteiger partial charge in [-0.3, -0.25) is 0 Å². The molecule has 3 aromatic carbocycles. The van der Waals surface area contributed by atoms with E-state index in [-0.39, 0.29) is 0 Å². The standard InChI is InChI=1S/C21H17Cl2NS/c1-2-13-4-3-5-16(14-6-9-19-20(10-14)25-12-24-19)21(13)17-11-15(22)7-8-18(17)23/h3-11,24H,2,12H2,1H3. The van der Waals surface area contributed by atoms with Gasteiger partial charge in [-0.1, -0.05) is 54.4 Å². The molecule has 1 aliphatic rings. The molecule has 3 aromatic rings. The maximum Gasteiger partial charge on any atom is 0.0658 e. The molecule has 0 saturated heterocycles. The Morgan fingerprint density at radius 3 is 2.72 bits per heavy atom. The summed E-state index contributed by atoms with van der Waals surface area (Å²) in [6.45, 7) is 2.17. The van der Waals surface area contributed by atoms with Crippen LogP contribution < -0.4 is 5.32 Å². The number of nitrogens with one attached hydrogen (secondary N) is 1. The van der Waals surface area contributed by atoms with E-state index in [0.29, 0.717) is 5.02 Å². The maximum absolute atomic E-state index is 6.54. The first-order chi connectivity index (χ1) is 12.2. The highest BCUT2D eigenvalue weighted by Gasteiger charge is 2.17. The molecule has 0 spiro atoms. The molecule has 126 valence electrons. The fourth-order valence-corrected chi connectivity index (χ4v) is 4.56. The van der Waals surface area contributed by atoms with Gasteiger partial charge in [0.05, 0.1) is 5.88 Å². The SMILES string of the molecule is CCc1cccc(-c2ccc3c(c2)SCN3)c1-c1cc(Cl)ccc1Cl. The number of aryl methyl sites for hydroxylation is 1. The molecule has 4 heteroatoms. The van der Waals surface area contributed by atoms with Crippen molar-refractivity contribution in [1.82, 2.24) is 0 Å². The van der Waals surface area contributed by atoms with Gasteiger partial charge in [0.1, 0.15) is 0 Å². The van der Waals surface area contributed by atoms with Crippen molar-refractivity contribution in [2.45, 2.75) is 18.2 Å². The third kappa shape index (κ3) is 3.15. The molecule has 0 atom stereocenters. The maximum atomic E-state index is 6.54. The number of hydrogen-bond acceptors (Lipinski definition) is 2. The van der Waals surface area contributed by atoms with Gasteiger partial charge >= 0.3 is 0 Å². The Bertz CT molecular complexity index is 953. The highest BCUT2D eigenvalue weighted by Crippen LogP contribution is 2.42. The quantitative estimate of drug-likeness (QED) is 0.504. The Labute approximate surface area is 162 Å². The monoisotopic (exact) mass is 385 g/mol. The molecule has 1 heterocycles. The van der Waals surface area contributed by atoms with Crippen molar-refractivity contribution in [3.05, 3.63) is 70.2 Å². The van der Waals surface area contributed by atoms with Crippen molar-refractivity contribution in [3.8, 4) is 22.3 Å². The van der Waals surface area contributed by atoms with E-state index >= 15 is 0 Å². The van der Waals surface area contributed by atoms with Crippen LogP contribution in [0.2, 0.25) is 10.0 Å². The van der Waals surface area contributed by atoms with Gasteiger partial charge in [-0.05, 0) is 59.0 Å². The molecule has 25 heavy (non-hydrogen) atoms. The van der Waals surface area contributed by atoms with Crippen molar-refractivity contribution in [2.75, 3.05) is 11.2 Å². The number of halogens is 2.